The minimum Gasteiger partial charge on any atom is -0.374 e. The molecule has 1 saturated carbocycles. The molecular weight excluding hydrogens is 517 g/mol. The molecule has 0 bridgehead atoms. The Kier molecular flexibility index (Phi) is 8.35. The molecule has 1 aromatic carbocycles. The molecule has 1 saturated heterocycles. The molecule has 2 aromatic rings. The number of ether oxygens (including phenoxy) is 1. The molecule has 2 unspecified atom stereocenters. The van der Waals surface area contributed by atoms with E-state index in [0.29, 0.717) is 30.5 Å². The molecule has 36 heavy (non-hydrogen) atoms. The normalized spacial score (nSPS) is 26.3. The zero-order valence-corrected chi connectivity index (χ0v) is 21.9. The van der Waals surface area contributed by atoms with Crippen molar-refractivity contribution in [1.82, 2.24) is 19.4 Å². The molecule has 1 N–H and O–H groups in total. The van der Waals surface area contributed by atoms with Gasteiger partial charge < -0.3 is 4.74 Å². The van der Waals surface area contributed by atoms with Crippen molar-refractivity contribution < 1.29 is 26.3 Å². The van der Waals surface area contributed by atoms with E-state index in [1.165, 1.54) is 0 Å². The first-order valence-corrected chi connectivity index (χ1v) is 14.0. The number of morpholine rings is 1. The van der Waals surface area contributed by atoms with Gasteiger partial charge in [0.15, 0.2) is 0 Å². The number of sulfonamides is 1. The second kappa shape index (κ2) is 11.0. The third-order valence-electron chi connectivity index (χ3n) is 7.31. The van der Waals surface area contributed by atoms with Crippen LogP contribution in [0.1, 0.15) is 48.6 Å². The Morgan fingerprint density at radius 2 is 1.83 bits per heavy atom. The summed E-state index contributed by atoms with van der Waals surface area (Å²) in [5.74, 6) is 0.381. The van der Waals surface area contributed by atoms with Gasteiger partial charge in [-0.2, -0.15) is 18.3 Å². The van der Waals surface area contributed by atoms with Crippen LogP contribution in [0.25, 0.3) is 0 Å². The maximum Gasteiger partial charge on any atom is 0.511 e. The molecule has 4 rings (SSSR count). The van der Waals surface area contributed by atoms with Crippen LogP contribution >= 0.6 is 11.6 Å². The van der Waals surface area contributed by atoms with E-state index in [1.807, 2.05) is 42.9 Å². The number of aromatic nitrogens is 2. The predicted molar refractivity (Wildman–Crippen MR) is 131 cm³/mol. The molecule has 1 aromatic heterocycles. The Hall–Kier alpha value is -1.66. The van der Waals surface area contributed by atoms with Crippen LogP contribution in [0.15, 0.2) is 30.3 Å². The van der Waals surface area contributed by atoms with Gasteiger partial charge in [0.2, 0.25) is 0 Å². The fraction of sp³-hybridized carbons (Fsp3) is 0.625. The van der Waals surface area contributed by atoms with E-state index in [4.69, 9.17) is 16.3 Å². The Bertz CT molecular complexity index is 1110. The summed E-state index contributed by atoms with van der Waals surface area (Å²) in [6, 6.07) is 9.98. The average molecular weight is 549 g/mol. The largest absolute Gasteiger partial charge is 0.511 e. The molecule has 2 aliphatic rings. The quantitative estimate of drug-likeness (QED) is 0.562. The van der Waals surface area contributed by atoms with Crippen molar-refractivity contribution in [2.24, 2.45) is 7.05 Å². The van der Waals surface area contributed by atoms with E-state index in [-0.39, 0.29) is 12.1 Å². The van der Waals surface area contributed by atoms with Crippen molar-refractivity contribution in [2.45, 2.75) is 68.6 Å². The van der Waals surface area contributed by atoms with Gasteiger partial charge in [-0.1, -0.05) is 23.7 Å². The molecule has 0 spiro atoms. The van der Waals surface area contributed by atoms with E-state index in [9.17, 15) is 21.6 Å². The van der Waals surface area contributed by atoms with E-state index in [1.54, 1.807) is 4.72 Å². The van der Waals surface area contributed by atoms with Gasteiger partial charge in [-0.3, -0.25) is 9.58 Å². The highest BCUT2D eigenvalue weighted by Gasteiger charge is 2.46. The van der Waals surface area contributed by atoms with Gasteiger partial charge in [-0.25, -0.2) is 13.1 Å². The second-order valence-corrected chi connectivity index (χ2v) is 12.0. The Morgan fingerprint density at radius 3 is 2.42 bits per heavy atom. The van der Waals surface area contributed by atoms with E-state index < -0.39 is 28.2 Å². The first kappa shape index (κ1) is 27.4. The van der Waals surface area contributed by atoms with E-state index >= 15 is 0 Å². The molecule has 2 atom stereocenters. The lowest BCUT2D eigenvalue weighted by atomic mass is 9.82. The predicted octanol–water partition coefficient (Wildman–Crippen LogP) is 4.16. The molecule has 12 heteroatoms. The van der Waals surface area contributed by atoms with Gasteiger partial charge in [0.05, 0.1) is 18.4 Å². The first-order chi connectivity index (χ1) is 16.9. The number of rotatable bonds is 7. The van der Waals surface area contributed by atoms with Crippen molar-refractivity contribution in [3.05, 3.63) is 52.3 Å². The minimum absolute atomic E-state index is 0.0280. The number of hydrogen-bond acceptors (Lipinski definition) is 5. The summed E-state index contributed by atoms with van der Waals surface area (Å²) in [6.45, 7) is 2.27. The van der Waals surface area contributed by atoms with Crippen LogP contribution in [-0.4, -0.2) is 66.5 Å². The van der Waals surface area contributed by atoms with Gasteiger partial charge in [-0.15, -0.1) is 0 Å². The van der Waals surface area contributed by atoms with Crippen molar-refractivity contribution in [1.29, 1.82) is 0 Å². The highest BCUT2D eigenvalue weighted by Crippen LogP contribution is 2.36. The number of hydrogen-bond donors (Lipinski definition) is 1. The Balaban J connectivity index is 1.44. The van der Waals surface area contributed by atoms with Gasteiger partial charge >= 0.3 is 15.5 Å². The summed E-state index contributed by atoms with van der Waals surface area (Å²) >= 11 is 6.03. The number of nitrogens with one attached hydrogen (secondary N) is 1. The van der Waals surface area contributed by atoms with Crippen LogP contribution < -0.4 is 4.72 Å². The molecule has 2 heterocycles. The Labute approximate surface area is 215 Å². The van der Waals surface area contributed by atoms with Crippen LogP contribution in [0.4, 0.5) is 13.2 Å². The fourth-order valence-corrected chi connectivity index (χ4v) is 5.89. The highest BCUT2D eigenvalue weighted by atomic mass is 35.5. The molecular formula is C24H32ClF3N4O3S. The molecule has 200 valence electrons. The van der Waals surface area contributed by atoms with Gasteiger partial charge in [0.25, 0.3) is 0 Å². The van der Waals surface area contributed by atoms with Crippen molar-refractivity contribution in [3.63, 3.8) is 0 Å². The van der Waals surface area contributed by atoms with Crippen molar-refractivity contribution in [3.8, 4) is 0 Å². The minimum atomic E-state index is -5.42. The number of alkyl halides is 3. The molecule has 0 radical (unpaired) electrons. The third-order valence-corrected chi connectivity index (χ3v) is 8.72. The number of benzene rings is 1. The molecule has 1 aliphatic heterocycles. The standard InChI is InChI=1S/C24H32ClF3N4O3S/c1-16-11-23(30-31(16)2)18-5-9-20(10-6-18)32-14-22(13-29-36(33,34)24(26,27)28)35-15-21(32)12-17-3-7-19(25)8-4-17/h3-4,7-8,11,18,20-22,29H,5-6,9-10,12-15H2,1-2H3. The third kappa shape index (κ3) is 6.42. The summed E-state index contributed by atoms with van der Waals surface area (Å²) in [5, 5.41) is 5.29. The van der Waals surface area contributed by atoms with E-state index in [2.05, 4.69) is 16.1 Å². The second-order valence-electron chi connectivity index (χ2n) is 9.77. The lowest BCUT2D eigenvalue weighted by Gasteiger charge is -2.46. The van der Waals surface area contributed by atoms with Crippen LogP contribution in [0.3, 0.4) is 0 Å². The summed E-state index contributed by atoms with van der Waals surface area (Å²) in [4.78, 5) is 2.31. The molecule has 0 amide bonds. The van der Waals surface area contributed by atoms with Crippen molar-refractivity contribution >= 4 is 21.6 Å². The maximum absolute atomic E-state index is 12.8. The van der Waals surface area contributed by atoms with Crippen molar-refractivity contribution in [2.75, 3.05) is 19.7 Å². The maximum atomic E-state index is 12.8. The van der Waals surface area contributed by atoms with Gasteiger partial charge in [0, 0.05) is 48.9 Å². The smallest absolute Gasteiger partial charge is 0.374 e. The number of nitrogens with zero attached hydrogens (tertiary/aromatic N) is 3. The highest BCUT2D eigenvalue weighted by molar-refractivity contribution is 7.90. The SMILES string of the molecule is Cc1cc(C2CCC(N3CC(CNS(=O)(=O)C(F)(F)F)OCC3Cc3ccc(Cl)cc3)CC2)nn1C. The molecule has 7 nitrogen and oxygen atoms in total. The summed E-state index contributed by atoms with van der Waals surface area (Å²) in [5.41, 5.74) is -2.03. The molecule has 1 aliphatic carbocycles. The van der Waals surface area contributed by atoms with Gasteiger partial charge in [-0.05, 0) is 62.8 Å². The lowest BCUT2D eigenvalue weighted by molar-refractivity contribution is -0.0823. The first-order valence-electron chi connectivity index (χ1n) is 12.1. The monoisotopic (exact) mass is 548 g/mol. The number of aryl methyl sites for hydroxylation is 2. The molecule has 2 fully saturated rings. The topological polar surface area (TPSA) is 76.5 Å². The van der Waals surface area contributed by atoms with Gasteiger partial charge in [0.1, 0.15) is 0 Å². The fourth-order valence-electron chi connectivity index (χ4n) is 5.19. The van der Waals surface area contributed by atoms with Crippen LogP contribution in [0.2, 0.25) is 5.02 Å². The summed E-state index contributed by atoms with van der Waals surface area (Å²) < 4.78 is 70.7. The van der Waals surface area contributed by atoms with E-state index in [0.717, 1.165) is 42.6 Å². The van der Waals surface area contributed by atoms with Crippen LogP contribution in [0, 0.1) is 6.92 Å². The van der Waals surface area contributed by atoms with Crippen LogP contribution in [0.5, 0.6) is 0 Å². The van der Waals surface area contributed by atoms with Crippen LogP contribution in [-0.2, 0) is 28.2 Å². The Morgan fingerprint density at radius 1 is 1.17 bits per heavy atom. The zero-order valence-electron chi connectivity index (χ0n) is 20.3. The summed E-state index contributed by atoms with van der Waals surface area (Å²) in [7, 11) is -3.48. The lowest BCUT2D eigenvalue weighted by Crippen LogP contribution is -2.57. The number of halogens is 4. The average Bonchev–Trinajstić information content (AvgIpc) is 3.17. The zero-order chi connectivity index (χ0) is 26.1. The summed E-state index contributed by atoms with van der Waals surface area (Å²) in [6.07, 6.45) is 3.84.